The van der Waals surface area contributed by atoms with Gasteiger partial charge < -0.3 is 9.15 Å². The number of furan rings is 1. The lowest BCUT2D eigenvalue weighted by Gasteiger charge is -2.25. The number of carbonyl (C=O) groups is 1. The Balaban J connectivity index is 2.57. The van der Waals surface area contributed by atoms with Gasteiger partial charge in [0, 0.05) is 0 Å². The molecule has 1 aromatic heterocycles. The number of methoxy groups -OCH3 is 1. The molecule has 0 amide bonds. The van der Waals surface area contributed by atoms with E-state index in [-0.39, 0.29) is 5.97 Å². The first-order chi connectivity index (χ1) is 7.12. The van der Waals surface area contributed by atoms with Crippen molar-refractivity contribution in [3.05, 3.63) is 24.2 Å². The van der Waals surface area contributed by atoms with E-state index in [1.165, 1.54) is 7.11 Å². The Labute approximate surface area is 89.6 Å². The lowest BCUT2D eigenvalue weighted by Crippen LogP contribution is -2.49. The van der Waals surface area contributed by atoms with Gasteiger partial charge in [0.15, 0.2) is 0 Å². The molecule has 1 aromatic rings. The van der Waals surface area contributed by atoms with Crippen LogP contribution in [-0.4, -0.2) is 18.6 Å². The van der Waals surface area contributed by atoms with Gasteiger partial charge in [-0.2, -0.15) is 0 Å². The summed E-state index contributed by atoms with van der Waals surface area (Å²) in [5.41, 5.74) is -0.651. The van der Waals surface area contributed by atoms with Crippen molar-refractivity contribution in [1.29, 1.82) is 0 Å². The van der Waals surface area contributed by atoms with Crippen LogP contribution >= 0.6 is 0 Å². The highest BCUT2D eigenvalue weighted by molar-refractivity contribution is 5.80. The number of esters is 1. The maximum atomic E-state index is 11.5. The van der Waals surface area contributed by atoms with Gasteiger partial charge in [-0.1, -0.05) is 6.92 Å². The van der Waals surface area contributed by atoms with Crippen LogP contribution in [-0.2, 0) is 16.1 Å². The number of hydrogen-bond acceptors (Lipinski definition) is 4. The Morgan fingerprint density at radius 2 is 2.40 bits per heavy atom. The molecular weight excluding hydrogens is 194 g/mol. The van der Waals surface area contributed by atoms with Crippen molar-refractivity contribution in [1.82, 2.24) is 5.32 Å². The van der Waals surface area contributed by atoms with Gasteiger partial charge in [0.2, 0.25) is 0 Å². The van der Waals surface area contributed by atoms with Crippen LogP contribution in [0.3, 0.4) is 0 Å². The van der Waals surface area contributed by atoms with Gasteiger partial charge in [-0.25, -0.2) is 0 Å². The maximum Gasteiger partial charge on any atom is 0.325 e. The third-order valence-corrected chi connectivity index (χ3v) is 2.58. The molecule has 0 unspecified atom stereocenters. The molecule has 0 fully saturated rings. The van der Waals surface area contributed by atoms with Crippen LogP contribution in [0.2, 0.25) is 0 Å². The summed E-state index contributed by atoms with van der Waals surface area (Å²) in [5, 5.41) is 3.13. The van der Waals surface area contributed by atoms with Crippen LogP contribution in [0.25, 0.3) is 0 Å². The normalized spacial score (nSPS) is 14.6. The van der Waals surface area contributed by atoms with Crippen LogP contribution in [0.5, 0.6) is 0 Å². The van der Waals surface area contributed by atoms with Crippen molar-refractivity contribution < 1.29 is 13.9 Å². The number of ether oxygens (including phenoxy) is 1. The highest BCUT2D eigenvalue weighted by Gasteiger charge is 2.31. The summed E-state index contributed by atoms with van der Waals surface area (Å²) in [4.78, 5) is 11.5. The molecule has 4 nitrogen and oxygen atoms in total. The van der Waals surface area contributed by atoms with Crippen LogP contribution in [0.15, 0.2) is 22.8 Å². The zero-order valence-corrected chi connectivity index (χ0v) is 9.37. The molecule has 0 aliphatic rings. The molecule has 0 radical (unpaired) electrons. The molecule has 4 heteroatoms. The molecule has 0 saturated carbocycles. The molecule has 15 heavy (non-hydrogen) atoms. The summed E-state index contributed by atoms with van der Waals surface area (Å²) in [5.74, 6) is 0.551. The summed E-state index contributed by atoms with van der Waals surface area (Å²) in [6.07, 6.45) is 2.28. The van der Waals surface area contributed by atoms with E-state index in [4.69, 9.17) is 9.15 Å². The monoisotopic (exact) mass is 211 g/mol. The largest absolute Gasteiger partial charge is 0.468 e. The first-order valence-corrected chi connectivity index (χ1v) is 4.98. The fourth-order valence-electron chi connectivity index (χ4n) is 1.26. The van der Waals surface area contributed by atoms with E-state index in [9.17, 15) is 4.79 Å². The fourth-order valence-corrected chi connectivity index (χ4v) is 1.26. The molecule has 1 heterocycles. The second-order valence-corrected chi connectivity index (χ2v) is 3.61. The minimum atomic E-state index is -0.651. The highest BCUT2D eigenvalue weighted by atomic mass is 16.5. The molecule has 84 valence electrons. The zero-order chi connectivity index (χ0) is 11.3. The molecule has 0 bridgehead atoms. The molecule has 0 spiro atoms. The van der Waals surface area contributed by atoms with E-state index in [2.05, 4.69) is 5.32 Å². The van der Waals surface area contributed by atoms with Gasteiger partial charge in [-0.3, -0.25) is 10.1 Å². The maximum absolute atomic E-state index is 11.5. The zero-order valence-electron chi connectivity index (χ0n) is 9.37. The van der Waals surface area contributed by atoms with Gasteiger partial charge >= 0.3 is 5.97 Å². The SMILES string of the molecule is CC[C@@](C)(NCc1ccco1)C(=O)OC. The quantitative estimate of drug-likeness (QED) is 0.753. The van der Waals surface area contributed by atoms with Crippen molar-refractivity contribution in [3.8, 4) is 0 Å². The van der Waals surface area contributed by atoms with Crippen molar-refractivity contribution >= 4 is 5.97 Å². The molecular formula is C11H17NO3. The summed E-state index contributed by atoms with van der Waals surface area (Å²) >= 11 is 0. The van der Waals surface area contributed by atoms with E-state index in [1.54, 1.807) is 6.26 Å². The first-order valence-electron chi connectivity index (χ1n) is 4.98. The molecule has 1 rings (SSSR count). The Morgan fingerprint density at radius 1 is 1.67 bits per heavy atom. The lowest BCUT2D eigenvalue weighted by atomic mass is 9.99. The Bertz CT molecular complexity index is 308. The summed E-state index contributed by atoms with van der Waals surface area (Å²) in [6, 6.07) is 3.68. The second-order valence-electron chi connectivity index (χ2n) is 3.61. The van der Waals surface area contributed by atoms with Gasteiger partial charge in [0.05, 0.1) is 19.9 Å². The summed E-state index contributed by atoms with van der Waals surface area (Å²) in [6.45, 7) is 4.28. The van der Waals surface area contributed by atoms with E-state index >= 15 is 0 Å². The molecule has 0 aromatic carbocycles. The summed E-state index contributed by atoms with van der Waals surface area (Å²) in [7, 11) is 1.39. The Hall–Kier alpha value is -1.29. The van der Waals surface area contributed by atoms with Crippen molar-refractivity contribution in [3.63, 3.8) is 0 Å². The average Bonchev–Trinajstić information content (AvgIpc) is 2.77. The first kappa shape index (κ1) is 11.8. The van der Waals surface area contributed by atoms with Crippen LogP contribution in [0.1, 0.15) is 26.0 Å². The van der Waals surface area contributed by atoms with Crippen molar-refractivity contribution in [2.75, 3.05) is 7.11 Å². The second kappa shape index (κ2) is 4.98. The molecule has 1 atom stereocenters. The number of carbonyl (C=O) groups excluding carboxylic acids is 1. The van der Waals surface area contributed by atoms with E-state index in [0.29, 0.717) is 13.0 Å². The number of hydrogen-bond donors (Lipinski definition) is 1. The van der Waals surface area contributed by atoms with E-state index < -0.39 is 5.54 Å². The topological polar surface area (TPSA) is 51.5 Å². The third kappa shape index (κ3) is 2.83. The minimum Gasteiger partial charge on any atom is -0.468 e. The van der Waals surface area contributed by atoms with E-state index in [1.807, 2.05) is 26.0 Å². The standard InChI is InChI=1S/C11H17NO3/c1-4-11(2,10(13)14-3)12-8-9-6-5-7-15-9/h5-7,12H,4,8H2,1-3H3/t11-/m1/s1. The van der Waals surface area contributed by atoms with Gasteiger partial charge in [0.1, 0.15) is 11.3 Å². The highest BCUT2D eigenvalue weighted by Crippen LogP contribution is 2.12. The van der Waals surface area contributed by atoms with Crippen LogP contribution in [0.4, 0.5) is 0 Å². The molecule has 0 saturated heterocycles. The molecule has 1 N–H and O–H groups in total. The number of nitrogens with one attached hydrogen (secondary N) is 1. The van der Waals surface area contributed by atoms with Gasteiger partial charge in [-0.05, 0) is 25.5 Å². The smallest absolute Gasteiger partial charge is 0.325 e. The Kier molecular flexibility index (Phi) is 3.91. The Morgan fingerprint density at radius 3 is 2.87 bits per heavy atom. The number of rotatable bonds is 5. The van der Waals surface area contributed by atoms with Gasteiger partial charge in [0.25, 0.3) is 0 Å². The van der Waals surface area contributed by atoms with Crippen molar-refractivity contribution in [2.45, 2.75) is 32.4 Å². The molecule has 0 aliphatic heterocycles. The predicted molar refractivity (Wildman–Crippen MR) is 56.3 cm³/mol. The summed E-state index contributed by atoms with van der Waals surface area (Å²) < 4.78 is 9.92. The van der Waals surface area contributed by atoms with Gasteiger partial charge in [-0.15, -0.1) is 0 Å². The molecule has 0 aliphatic carbocycles. The van der Waals surface area contributed by atoms with Crippen molar-refractivity contribution in [2.24, 2.45) is 0 Å². The predicted octanol–water partition coefficient (Wildman–Crippen LogP) is 1.71. The van der Waals surface area contributed by atoms with Crippen LogP contribution < -0.4 is 5.32 Å². The van der Waals surface area contributed by atoms with E-state index in [0.717, 1.165) is 5.76 Å². The third-order valence-electron chi connectivity index (χ3n) is 2.58. The average molecular weight is 211 g/mol. The lowest BCUT2D eigenvalue weighted by molar-refractivity contribution is -0.148. The fraction of sp³-hybridized carbons (Fsp3) is 0.545. The van der Waals surface area contributed by atoms with Crippen LogP contribution in [0, 0.1) is 0 Å². The minimum absolute atomic E-state index is 0.253.